The van der Waals surface area contributed by atoms with Gasteiger partial charge in [0.1, 0.15) is 11.6 Å². The Bertz CT molecular complexity index is 328. The molecule has 1 unspecified atom stereocenters. The van der Waals surface area contributed by atoms with Crippen LogP contribution in [0.3, 0.4) is 0 Å². The first kappa shape index (κ1) is 8.88. The maximum Gasteiger partial charge on any atom is 0.123 e. The standard InChI is InChI=1S/C8H6FNOS/c9-7-1-3-8(4-2-7)12(11)6-5-10/h1-4H,6H2. The van der Waals surface area contributed by atoms with Crippen molar-refractivity contribution in [2.45, 2.75) is 4.90 Å². The average Bonchev–Trinajstić information content (AvgIpc) is 2.06. The molecule has 1 rings (SSSR count). The molecule has 0 spiro atoms. The highest BCUT2D eigenvalue weighted by molar-refractivity contribution is 7.85. The zero-order valence-corrected chi connectivity index (χ0v) is 6.97. The topological polar surface area (TPSA) is 40.9 Å². The van der Waals surface area contributed by atoms with Gasteiger partial charge in [0.25, 0.3) is 0 Å². The molecule has 4 heteroatoms. The molecule has 0 aromatic heterocycles. The predicted octanol–water partition coefficient (Wildman–Crippen LogP) is 1.46. The Morgan fingerprint density at radius 2 is 2.00 bits per heavy atom. The van der Waals surface area contributed by atoms with Crippen molar-refractivity contribution in [2.24, 2.45) is 0 Å². The largest absolute Gasteiger partial charge is 0.253 e. The molecule has 62 valence electrons. The predicted molar refractivity (Wildman–Crippen MR) is 43.3 cm³/mol. The summed E-state index contributed by atoms with van der Waals surface area (Å²) in [7, 11) is -1.32. The highest BCUT2D eigenvalue weighted by atomic mass is 32.2. The minimum absolute atomic E-state index is 0.0500. The minimum Gasteiger partial charge on any atom is -0.253 e. The van der Waals surface area contributed by atoms with Gasteiger partial charge in [0, 0.05) is 4.90 Å². The molecule has 0 saturated carbocycles. The van der Waals surface area contributed by atoms with Gasteiger partial charge in [-0.15, -0.1) is 0 Å². The van der Waals surface area contributed by atoms with E-state index < -0.39 is 10.8 Å². The summed E-state index contributed by atoms with van der Waals surface area (Å²) in [6.07, 6.45) is 0. The van der Waals surface area contributed by atoms with Gasteiger partial charge < -0.3 is 0 Å². The van der Waals surface area contributed by atoms with Crippen LogP contribution in [0.5, 0.6) is 0 Å². The van der Waals surface area contributed by atoms with Crippen molar-refractivity contribution in [1.29, 1.82) is 5.26 Å². The first-order chi connectivity index (χ1) is 5.74. The summed E-state index contributed by atoms with van der Waals surface area (Å²) in [5, 5.41) is 8.24. The van der Waals surface area contributed by atoms with Crippen molar-refractivity contribution in [3.63, 3.8) is 0 Å². The molecule has 0 heterocycles. The Balaban J connectivity index is 2.84. The maximum atomic E-state index is 12.4. The van der Waals surface area contributed by atoms with Crippen LogP contribution in [0.2, 0.25) is 0 Å². The van der Waals surface area contributed by atoms with E-state index in [2.05, 4.69) is 0 Å². The van der Waals surface area contributed by atoms with E-state index in [4.69, 9.17) is 5.26 Å². The lowest BCUT2D eigenvalue weighted by Gasteiger charge is -1.95. The number of benzene rings is 1. The molecule has 2 nitrogen and oxygen atoms in total. The van der Waals surface area contributed by atoms with Crippen LogP contribution in [0, 0.1) is 17.1 Å². The Morgan fingerprint density at radius 1 is 1.42 bits per heavy atom. The second-order valence-corrected chi connectivity index (χ2v) is 3.55. The van der Waals surface area contributed by atoms with Crippen molar-refractivity contribution < 1.29 is 8.60 Å². The Hall–Kier alpha value is -1.21. The van der Waals surface area contributed by atoms with Crippen LogP contribution in [0.1, 0.15) is 0 Å². The van der Waals surface area contributed by atoms with Crippen LogP contribution in [0.4, 0.5) is 4.39 Å². The molecule has 0 radical (unpaired) electrons. The second-order valence-electron chi connectivity index (χ2n) is 2.10. The molecular formula is C8H6FNOS. The molecule has 0 aliphatic rings. The van der Waals surface area contributed by atoms with Crippen molar-refractivity contribution in [3.05, 3.63) is 30.1 Å². The first-order valence-corrected chi connectivity index (χ1v) is 4.57. The van der Waals surface area contributed by atoms with E-state index in [0.717, 1.165) is 0 Å². The highest BCUT2D eigenvalue weighted by Gasteiger charge is 2.01. The summed E-state index contributed by atoms with van der Waals surface area (Å²) in [5.74, 6) is -0.418. The second kappa shape index (κ2) is 3.98. The quantitative estimate of drug-likeness (QED) is 0.696. The molecule has 0 fully saturated rings. The smallest absolute Gasteiger partial charge is 0.123 e. The van der Waals surface area contributed by atoms with Crippen LogP contribution in [0.25, 0.3) is 0 Å². The van der Waals surface area contributed by atoms with Crippen molar-refractivity contribution in [1.82, 2.24) is 0 Å². The fraction of sp³-hybridized carbons (Fsp3) is 0.125. The van der Waals surface area contributed by atoms with Gasteiger partial charge in [-0.3, -0.25) is 4.21 Å². The minimum atomic E-state index is -1.32. The van der Waals surface area contributed by atoms with E-state index in [9.17, 15) is 8.60 Å². The van der Waals surface area contributed by atoms with Gasteiger partial charge in [0.05, 0.1) is 16.9 Å². The summed E-state index contributed by atoms with van der Waals surface area (Å²) >= 11 is 0. The van der Waals surface area contributed by atoms with E-state index in [1.807, 2.05) is 0 Å². The van der Waals surface area contributed by atoms with Gasteiger partial charge in [-0.05, 0) is 24.3 Å². The Morgan fingerprint density at radius 3 is 2.50 bits per heavy atom. The number of hydrogen-bond donors (Lipinski definition) is 0. The molecule has 0 saturated heterocycles. The van der Waals surface area contributed by atoms with E-state index in [1.54, 1.807) is 6.07 Å². The number of nitriles is 1. The zero-order valence-electron chi connectivity index (χ0n) is 6.16. The summed E-state index contributed by atoms with van der Waals surface area (Å²) in [6.45, 7) is 0. The monoisotopic (exact) mass is 183 g/mol. The average molecular weight is 183 g/mol. The third-order valence-electron chi connectivity index (χ3n) is 1.27. The molecule has 12 heavy (non-hydrogen) atoms. The van der Waals surface area contributed by atoms with Crippen LogP contribution in [0.15, 0.2) is 29.2 Å². The van der Waals surface area contributed by atoms with Crippen molar-refractivity contribution in [3.8, 4) is 6.07 Å². The molecule has 0 N–H and O–H groups in total. The Labute approximate surface area is 72.1 Å². The van der Waals surface area contributed by atoms with Gasteiger partial charge in [-0.2, -0.15) is 5.26 Å². The molecule has 0 amide bonds. The third-order valence-corrected chi connectivity index (χ3v) is 2.46. The van der Waals surface area contributed by atoms with Gasteiger partial charge in [0.2, 0.25) is 0 Å². The lowest BCUT2D eigenvalue weighted by atomic mass is 10.4. The Kier molecular flexibility index (Phi) is 2.94. The highest BCUT2D eigenvalue weighted by Crippen LogP contribution is 2.07. The SMILES string of the molecule is N#CCS(=O)c1ccc(F)cc1. The third kappa shape index (κ3) is 2.14. The lowest BCUT2D eigenvalue weighted by Crippen LogP contribution is -1.94. The molecule has 1 atom stereocenters. The molecule has 0 aliphatic heterocycles. The summed E-state index contributed by atoms with van der Waals surface area (Å²) in [6, 6.07) is 7.08. The molecule has 1 aromatic rings. The van der Waals surface area contributed by atoms with Crippen molar-refractivity contribution >= 4 is 10.8 Å². The number of hydrogen-bond acceptors (Lipinski definition) is 2. The van der Waals surface area contributed by atoms with E-state index in [1.165, 1.54) is 24.3 Å². The molecular weight excluding hydrogens is 177 g/mol. The zero-order chi connectivity index (χ0) is 8.97. The van der Waals surface area contributed by atoms with Crippen LogP contribution in [-0.4, -0.2) is 9.96 Å². The number of rotatable bonds is 2. The normalized spacial score (nSPS) is 12.0. The van der Waals surface area contributed by atoms with E-state index in [-0.39, 0.29) is 11.6 Å². The van der Waals surface area contributed by atoms with Gasteiger partial charge in [-0.25, -0.2) is 4.39 Å². The van der Waals surface area contributed by atoms with E-state index in [0.29, 0.717) is 4.90 Å². The molecule has 1 aromatic carbocycles. The first-order valence-electron chi connectivity index (χ1n) is 3.25. The lowest BCUT2D eigenvalue weighted by molar-refractivity contribution is 0.626. The number of halogens is 1. The van der Waals surface area contributed by atoms with Crippen molar-refractivity contribution in [2.75, 3.05) is 5.75 Å². The molecule has 0 aliphatic carbocycles. The van der Waals surface area contributed by atoms with Crippen LogP contribution in [-0.2, 0) is 10.8 Å². The summed E-state index contributed by atoms with van der Waals surface area (Å²) in [4.78, 5) is 0.484. The molecule has 0 bridgehead atoms. The van der Waals surface area contributed by atoms with E-state index >= 15 is 0 Å². The van der Waals surface area contributed by atoms with Gasteiger partial charge in [0.15, 0.2) is 0 Å². The van der Waals surface area contributed by atoms with Crippen LogP contribution < -0.4 is 0 Å². The summed E-state index contributed by atoms with van der Waals surface area (Å²) < 4.78 is 23.5. The number of nitrogens with zero attached hydrogens (tertiary/aromatic N) is 1. The van der Waals surface area contributed by atoms with Gasteiger partial charge >= 0.3 is 0 Å². The maximum absolute atomic E-state index is 12.4. The fourth-order valence-electron chi connectivity index (χ4n) is 0.728. The summed E-state index contributed by atoms with van der Waals surface area (Å²) in [5.41, 5.74) is 0. The van der Waals surface area contributed by atoms with Gasteiger partial charge in [-0.1, -0.05) is 0 Å². The van der Waals surface area contributed by atoms with Crippen LogP contribution >= 0.6 is 0 Å². The fourth-order valence-corrected chi connectivity index (χ4v) is 1.45.